The van der Waals surface area contributed by atoms with Gasteiger partial charge in [0.15, 0.2) is 0 Å². The number of nitro benzene ring substituents is 1. The molecule has 0 saturated carbocycles. The molecule has 0 atom stereocenters. The second kappa shape index (κ2) is 4.32. The van der Waals surface area contributed by atoms with Crippen LogP contribution in [0.15, 0.2) is 16.6 Å². The minimum Gasteiger partial charge on any atom is -0.478 e. The first-order chi connectivity index (χ1) is 7.66. The molecule has 0 unspecified atom stereocenters. The molecule has 1 aromatic rings. The van der Waals surface area contributed by atoms with Gasteiger partial charge in [0.1, 0.15) is 4.47 Å². The average Bonchev–Trinajstić information content (AvgIpc) is 2.14. The van der Waals surface area contributed by atoms with Crippen molar-refractivity contribution in [2.45, 2.75) is 6.18 Å². The third-order valence-electron chi connectivity index (χ3n) is 1.84. The maximum Gasteiger partial charge on any atom is 0.417 e. The number of carboxylic acids is 1. The van der Waals surface area contributed by atoms with Gasteiger partial charge in [0, 0.05) is 6.07 Å². The second-order valence-electron chi connectivity index (χ2n) is 2.88. The molecule has 0 radical (unpaired) electrons. The lowest BCUT2D eigenvalue weighted by Gasteiger charge is -2.11. The molecule has 0 heterocycles. The smallest absolute Gasteiger partial charge is 0.417 e. The number of nitrogens with zero attached hydrogens (tertiary/aromatic N) is 1. The summed E-state index contributed by atoms with van der Waals surface area (Å²) in [6.45, 7) is 0. The summed E-state index contributed by atoms with van der Waals surface area (Å²) in [5, 5.41) is 19.1. The number of halogens is 4. The Hall–Kier alpha value is -1.64. The fraction of sp³-hybridized carbons (Fsp3) is 0.125. The van der Waals surface area contributed by atoms with Crippen molar-refractivity contribution in [3.63, 3.8) is 0 Å². The summed E-state index contributed by atoms with van der Waals surface area (Å²) in [6, 6.07) is 0.964. The highest BCUT2D eigenvalue weighted by Gasteiger charge is 2.38. The highest BCUT2D eigenvalue weighted by molar-refractivity contribution is 9.10. The summed E-state index contributed by atoms with van der Waals surface area (Å²) < 4.78 is 36.7. The zero-order chi connectivity index (χ0) is 13.4. The van der Waals surface area contributed by atoms with Gasteiger partial charge >= 0.3 is 12.1 Å². The minimum absolute atomic E-state index is 0.367. The first kappa shape index (κ1) is 13.4. The molecule has 1 aromatic carbocycles. The fourth-order valence-electron chi connectivity index (χ4n) is 1.15. The summed E-state index contributed by atoms with van der Waals surface area (Å²) in [5.41, 5.74) is -3.36. The van der Waals surface area contributed by atoms with Gasteiger partial charge in [-0.25, -0.2) is 4.79 Å². The predicted molar refractivity (Wildman–Crippen MR) is 52.8 cm³/mol. The molecule has 0 fully saturated rings. The Morgan fingerprint density at radius 2 is 1.94 bits per heavy atom. The van der Waals surface area contributed by atoms with E-state index in [0.717, 1.165) is 0 Å². The molecule has 17 heavy (non-hydrogen) atoms. The van der Waals surface area contributed by atoms with Crippen LogP contribution in [-0.4, -0.2) is 16.0 Å². The number of alkyl halides is 3. The van der Waals surface area contributed by atoms with Crippen molar-refractivity contribution >= 4 is 27.6 Å². The van der Waals surface area contributed by atoms with Gasteiger partial charge in [-0.2, -0.15) is 13.2 Å². The van der Waals surface area contributed by atoms with E-state index < -0.39 is 38.4 Å². The molecule has 1 N–H and O–H groups in total. The molecule has 0 aliphatic carbocycles. The Morgan fingerprint density at radius 3 is 2.29 bits per heavy atom. The van der Waals surface area contributed by atoms with E-state index in [0.29, 0.717) is 12.1 Å². The maximum atomic E-state index is 12.5. The molecule has 0 aliphatic rings. The molecule has 0 aliphatic heterocycles. The van der Waals surface area contributed by atoms with Crippen molar-refractivity contribution in [3.05, 3.63) is 37.8 Å². The van der Waals surface area contributed by atoms with Gasteiger partial charge in [0.25, 0.3) is 5.69 Å². The van der Waals surface area contributed by atoms with E-state index in [1.807, 2.05) is 0 Å². The van der Waals surface area contributed by atoms with Crippen LogP contribution in [0.3, 0.4) is 0 Å². The minimum atomic E-state index is -4.90. The summed E-state index contributed by atoms with van der Waals surface area (Å²) in [5.74, 6) is -1.90. The number of carboxylic acid groups (broad SMARTS) is 1. The Balaban J connectivity index is 3.63. The molecule has 92 valence electrons. The van der Waals surface area contributed by atoms with Gasteiger partial charge < -0.3 is 5.11 Å². The van der Waals surface area contributed by atoms with E-state index in [1.165, 1.54) is 0 Å². The van der Waals surface area contributed by atoms with E-state index in [4.69, 9.17) is 5.11 Å². The highest BCUT2D eigenvalue weighted by atomic mass is 79.9. The maximum absolute atomic E-state index is 12.5. The van der Waals surface area contributed by atoms with Crippen molar-refractivity contribution in [1.82, 2.24) is 0 Å². The van der Waals surface area contributed by atoms with E-state index in [2.05, 4.69) is 15.9 Å². The van der Waals surface area contributed by atoms with Gasteiger partial charge in [0.05, 0.1) is 16.1 Å². The number of carbonyl (C=O) groups is 1. The molecule has 0 saturated heterocycles. The summed E-state index contributed by atoms with van der Waals surface area (Å²) >= 11 is 2.50. The third kappa shape index (κ3) is 2.54. The highest BCUT2D eigenvalue weighted by Crippen LogP contribution is 2.39. The molecule has 1 rings (SSSR count). The Kier molecular flexibility index (Phi) is 3.41. The molecular weight excluding hydrogens is 311 g/mol. The van der Waals surface area contributed by atoms with Crippen LogP contribution in [-0.2, 0) is 6.18 Å². The number of hydrogen-bond acceptors (Lipinski definition) is 3. The van der Waals surface area contributed by atoms with Crippen molar-refractivity contribution in [3.8, 4) is 0 Å². The van der Waals surface area contributed by atoms with E-state index in [-0.39, 0.29) is 0 Å². The van der Waals surface area contributed by atoms with Gasteiger partial charge in [-0.05, 0) is 22.0 Å². The van der Waals surface area contributed by atoms with Gasteiger partial charge in [-0.15, -0.1) is 0 Å². The van der Waals surface area contributed by atoms with Crippen LogP contribution < -0.4 is 0 Å². The first-order valence-electron chi connectivity index (χ1n) is 3.93. The summed E-state index contributed by atoms with van der Waals surface area (Å²) in [4.78, 5) is 20.2. The lowest BCUT2D eigenvalue weighted by atomic mass is 10.1. The van der Waals surface area contributed by atoms with Crippen LogP contribution in [0.2, 0.25) is 0 Å². The lowest BCUT2D eigenvalue weighted by molar-refractivity contribution is -0.385. The van der Waals surface area contributed by atoms with Crippen LogP contribution in [0.1, 0.15) is 15.9 Å². The lowest BCUT2D eigenvalue weighted by Crippen LogP contribution is -2.14. The average molecular weight is 314 g/mol. The van der Waals surface area contributed by atoms with E-state index >= 15 is 0 Å². The SMILES string of the molecule is O=C(O)c1c(C(F)(F)F)ccc([N+](=O)[O-])c1Br. The first-order valence-corrected chi connectivity index (χ1v) is 4.73. The van der Waals surface area contributed by atoms with Gasteiger partial charge in [-0.1, -0.05) is 0 Å². The van der Waals surface area contributed by atoms with Crippen molar-refractivity contribution < 1.29 is 28.0 Å². The van der Waals surface area contributed by atoms with Crippen LogP contribution in [0.25, 0.3) is 0 Å². The summed E-state index contributed by atoms with van der Waals surface area (Å²) in [6.07, 6.45) is -4.90. The third-order valence-corrected chi connectivity index (χ3v) is 2.64. The molecule has 0 bridgehead atoms. The van der Waals surface area contributed by atoms with Crippen molar-refractivity contribution in [1.29, 1.82) is 0 Å². The monoisotopic (exact) mass is 313 g/mol. The van der Waals surface area contributed by atoms with Crippen molar-refractivity contribution in [2.24, 2.45) is 0 Å². The van der Waals surface area contributed by atoms with Crippen LogP contribution in [0, 0.1) is 10.1 Å². The standard InChI is InChI=1S/C8H3BrF3NO4/c9-6-4(13(16)17)2-1-3(8(10,11)12)5(6)7(14)15/h1-2H,(H,14,15). The molecule has 0 amide bonds. The molecule has 0 spiro atoms. The van der Waals surface area contributed by atoms with E-state index in [1.54, 1.807) is 0 Å². The van der Waals surface area contributed by atoms with E-state index in [9.17, 15) is 28.1 Å². The zero-order valence-corrected chi connectivity index (χ0v) is 9.37. The number of rotatable bonds is 2. The van der Waals surface area contributed by atoms with Crippen LogP contribution in [0.4, 0.5) is 18.9 Å². The second-order valence-corrected chi connectivity index (χ2v) is 3.67. The van der Waals surface area contributed by atoms with Crippen LogP contribution in [0.5, 0.6) is 0 Å². The van der Waals surface area contributed by atoms with Crippen molar-refractivity contribution in [2.75, 3.05) is 0 Å². The van der Waals surface area contributed by atoms with Gasteiger partial charge in [-0.3, -0.25) is 10.1 Å². The Labute approximate surface area is 100 Å². The normalized spacial score (nSPS) is 11.3. The van der Waals surface area contributed by atoms with Crippen LogP contribution >= 0.6 is 15.9 Å². The van der Waals surface area contributed by atoms with Gasteiger partial charge in [0.2, 0.25) is 0 Å². The Morgan fingerprint density at radius 1 is 1.41 bits per heavy atom. The topological polar surface area (TPSA) is 80.4 Å². The molecule has 5 nitrogen and oxygen atoms in total. The summed E-state index contributed by atoms with van der Waals surface area (Å²) in [7, 11) is 0. The number of benzene rings is 1. The number of nitro groups is 1. The quantitative estimate of drug-likeness (QED) is 0.672. The zero-order valence-electron chi connectivity index (χ0n) is 7.79. The fourth-order valence-corrected chi connectivity index (χ4v) is 1.81. The largest absolute Gasteiger partial charge is 0.478 e. The molecule has 9 heteroatoms. The number of hydrogen-bond donors (Lipinski definition) is 1. The molecular formula is C8H3BrF3NO4. The Bertz CT molecular complexity index is 500. The predicted octanol–water partition coefficient (Wildman–Crippen LogP) is 3.07. The molecule has 0 aromatic heterocycles. The number of aromatic carboxylic acids is 1.